The molecule has 0 saturated heterocycles. The number of aromatic nitrogens is 2. The number of alkyl halides is 6. The Balaban J connectivity index is 2.43. The van der Waals surface area contributed by atoms with E-state index < -0.39 is 61.9 Å². The van der Waals surface area contributed by atoms with Gasteiger partial charge in [-0.2, -0.15) is 26.3 Å². The van der Waals surface area contributed by atoms with Gasteiger partial charge in [0.15, 0.2) is 14.9 Å². The van der Waals surface area contributed by atoms with E-state index in [2.05, 4.69) is 9.97 Å². The maximum atomic E-state index is 13.0. The molecule has 2 rings (SSSR count). The van der Waals surface area contributed by atoms with Crippen LogP contribution < -0.4 is 0 Å². The number of halogens is 6. The average molecular weight is 441 g/mol. The molecule has 2 aromatic rings. The van der Waals surface area contributed by atoms with Gasteiger partial charge in [0.1, 0.15) is 6.33 Å². The van der Waals surface area contributed by atoms with Gasteiger partial charge in [-0.15, -0.1) is 0 Å². The molecule has 1 amide bonds. The molecule has 29 heavy (non-hydrogen) atoms. The molecule has 0 radical (unpaired) electrons. The molecule has 0 aliphatic rings. The molecule has 1 aromatic carbocycles. The maximum absolute atomic E-state index is 13.0. The topological polar surface area (TPSA) is 80.2 Å². The second-order valence-corrected chi connectivity index (χ2v) is 8.02. The van der Waals surface area contributed by atoms with Crippen molar-refractivity contribution in [2.24, 2.45) is 0 Å². The second-order valence-electron chi connectivity index (χ2n) is 6.09. The highest BCUT2D eigenvalue weighted by atomic mass is 32.2. The Labute approximate surface area is 161 Å². The molecule has 158 valence electrons. The normalized spacial score (nSPS) is 12.7. The number of benzene rings is 1. The summed E-state index contributed by atoms with van der Waals surface area (Å²) in [5.74, 6) is -0.989. The lowest BCUT2D eigenvalue weighted by Gasteiger charge is -2.20. The summed E-state index contributed by atoms with van der Waals surface area (Å²) in [6, 6.07) is 0.939. The highest BCUT2D eigenvalue weighted by Gasteiger charge is 2.37. The first-order valence-electron chi connectivity index (χ1n) is 7.64. The van der Waals surface area contributed by atoms with Crippen molar-refractivity contribution in [3.05, 3.63) is 53.0 Å². The van der Waals surface area contributed by atoms with Crippen LogP contribution >= 0.6 is 0 Å². The summed E-state index contributed by atoms with van der Waals surface area (Å²) >= 11 is 0. The van der Waals surface area contributed by atoms with E-state index in [1.807, 2.05) is 0 Å². The zero-order chi connectivity index (χ0) is 22.2. The van der Waals surface area contributed by atoms with E-state index in [4.69, 9.17) is 0 Å². The van der Waals surface area contributed by atoms with Crippen molar-refractivity contribution in [3.8, 4) is 0 Å². The first-order chi connectivity index (χ1) is 13.1. The Morgan fingerprint density at radius 1 is 1.03 bits per heavy atom. The lowest BCUT2D eigenvalue weighted by Crippen LogP contribution is -2.28. The number of hydrogen-bond acceptors (Lipinski definition) is 5. The van der Waals surface area contributed by atoms with Gasteiger partial charge in [-0.05, 0) is 23.8 Å². The molecule has 0 atom stereocenters. The van der Waals surface area contributed by atoms with E-state index in [0.717, 1.165) is 30.7 Å². The molecule has 0 aliphatic carbocycles. The van der Waals surface area contributed by atoms with Crippen molar-refractivity contribution in [1.82, 2.24) is 14.9 Å². The number of carbonyl (C=O) groups is 1. The number of hydrogen-bond donors (Lipinski definition) is 0. The minimum atomic E-state index is -5.03. The van der Waals surface area contributed by atoms with Gasteiger partial charge in [0.05, 0.1) is 16.7 Å². The molecule has 1 aromatic heterocycles. The monoisotopic (exact) mass is 441 g/mol. The van der Waals surface area contributed by atoms with Crippen molar-refractivity contribution < 1.29 is 39.6 Å². The third-order valence-electron chi connectivity index (χ3n) is 3.67. The van der Waals surface area contributed by atoms with Crippen molar-refractivity contribution in [2.75, 3.05) is 13.3 Å². The van der Waals surface area contributed by atoms with Crippen LogP contribution in [0.4, 0.5) is 26.3 Å². The summed E-state index contributed by atoms with van der Waals surface area (Å²) in [5, 5.41) is -0.607. The summed E-state index contributed by atoms with van der Waals surface area (Å²) in [6.45, 7) is -0.649. The van der Waals surface area contributed by atoms with Gasteiger partial charge in [0.25, 0.3) is 5.91 Å². The molecular formula is C16H13F6N3O3S. The van der Waals surface area contributed by atoms with E-state index in [9.17, 15) is 39.6 Å². The Morgan fingerprint density at radius 3 is 2.00 bits per heavy atom. The van der Waals surface area contributed by atoms with Crippen molar-refractivity contribution in [2.45, 2.75) is 23.9 Å². The highest BCUT2D eigenvalue weighted by molar-refractivity contribution is 7.90. The Morgan fingerprint density at radius 2 is 1.55 bits per heavy atom. The van der Waals surface area contributed by atoms with Gasteiger partial charge in [-0.25, -0.2) is 18.4 Å². The van der Waals surface area contributed by atoms with Gasteiger partial charge < -0.3 is 4.90 Å². The first-order valence-corrected chi connectivity index (χ1v) is 9.53. The quantitative estimate of drug-likeness (QED) is 0.538. The third-order valence-corrected chi connectivity index (χ3v) is 4.70. The minimum Gasteiger partial charge on any atom is -0.337 e. The predicted molar refractivity (Wildman–Crippen MR) is 87.4 cm³/mol. The van der Waals surface area contributed by atoms with E-state index in [0.29, 0.717) is 12.1 Å². The number of rotatable bonds is 4. The van der Waals surface area contributed by atoms with Crippen LogP contribution in [-0.4, -0.2) is 42.5 Å². The summed E-state index contributed by atoms with van der Waals surface area (Å²) in [7, 11) is -2.84. The van der Waals surface area contributed by atoms with Crippen LogP contribution in [0.2, 0.25) is 0 Å². The van der Waals surface area contributed by atoms with E-state index in [1.54, 1.807) is 0 Å². The highest BCUT2D eigenvalue weighted by Crippen LogP contribution is 2.36. The van der Waals surface area contributed by atoms with Gasteiger partial charge in [-0.3, -0.25) is 4.79 Å². The van der Waals surface area contributed by atoms with Crippen LogP contribution in [0.15, 0.2) is 35.7 Å². The summed E-state index contributed by atoms with van der Waals surface area (Å²) in [6.07, 6.45) is -7.50. The number of amides is 1. The minimum absolute atomic E-state index is 0.0296. The maximum Gasteiger partial charge on any atom is 0.416 e. The van der Waals surface area contributed by atoms with Crippen molar-refractivity contribution in [3.63, 3.8) is 0 Å². The molecular weight excluding hydrogens is 428 g/mol. The van der Waals surface area contributed by atoms with Crippen LogP contribution in [0.5, 0.6) is 0 Å². The van der Waals surface area contributed by atoms with Crippen LogP contribution in [0.1, 0.15) is 27.0 Å². The predicted octanol–water partition coefficient (Wildman–Crippen LogP) is 3.19. The Hall–Kier alpha value is -2.70. The van der Waals surface area contributed by atoms with Crippen LogP contribution in [0.3, 0.4) is 0 Å². The number of carbonyl (C=O) groups excluding carboxylic acids is 1. The fraction of sp³-hybridized carbons (Fsp3) is 0.312. The fourth-order valence-electron chi connectivity index (χ4n) is 2.42. The van der Waals surface area contributed by atoms with Crippen molar-refractivity contribution in [1.29, 1.82) is 0 Å². The van der Waals surface area contributed by atoms with Gasteiger partial charge in [0.2, 0.25) is 0 Å². The Kier molecular flexibility index (Phi) is 5.93. The zero-order valence-corrected chi connectivity index (χ0v) is 15.7. The summed E-state index contributed by atoms with van der Waals surface area (Å²) in [5.41, 5.74) is -3.95. The fourth-order valence-corrected chi connectivity index (χ4v) is 3.20. The summed E-state index contributed by atoms with van der Waals surface area (Å²) < 4.78 is 101. The smallest absolute Gasteiger partial charge is 0.337 e. The third kappa shape index (κ3) is 5.43. The average Bonchev–Trinajstić information content (AvgIpc) is 2.58. The molecule has 1 heterocycles. The molecule has 13 heteroatoms. The molecule has 0 saturated carbocycles. The van der Waals surface area contributed by atoms with E-state index in [-0.39, 0.29) is 6.07 Å². The lowest BCUT2D eigenvalue weighted by molar-refractivity contribution is -0.143. The van der Waals surface area contributed by atoms with Crippen molar-refractivity contribution >= 4 is 15.7 Å². The molecule has 0 N–H and O–H groups in total. The van der Waals surface area contributed by atoms with Crippen LogP contribution in [0, 0.1) is 0 Å². The molecule has 0 spiro atoms. The van der Waals surface area contributed by atoms with Gasteiger partial charge in [0, 0.05) is 26.0 Å². The molecule has 6 nitrogen and oxygen atoms in total. The summed E-state index contributed by atoms with van der Waals surface area (Å²) in [4.78, 5) is 20.3. The van der Waals surface area contributed by atoms with Gasteiger partial charge in [-0.1, -0.05) is 0 Å². The largest absolute Gasteiger partial charge is 0.416 e. The molecule has 0 aliphatic heterocycles. The molecule has 0 fully saturated rings. The number of nitrogens with zero attached hydrogens (tertiary/aromatic N) is 3. The second kappa shape index (κ2) is 7.61. The zero-order valence-electron chi connectivity index (χ0n) is 14.8. The lowest BCUT2D eigenvalue weighted by atomic mass is 10.0. The van der Waals surface area contributed by atoms with Gasteiger partial charge >= 0.3 is 12.4 Å². The van der Waals surface area contributed by atoms with Crippen LogP contribution in [-0.2, 0) is 28.7 Å². The first kappa shape index (κ1) is 22.6. The Bertz CT molecular complexity index is 1000. The van der Waals surface area contributed by atoms with E-state index in [1.165, 1.54) is 0 Å². The molecule has 0 unspecified atom stereocenters. The SMILES string of the molecule is CN(Cc1cc(C(F)(F)F)cc(C(F)(F)F)c1)C(=O)c1cncnc1S(C)(=O)=O. The van der Waals surface area contributed by atoms with E-state index >= 15 is 0 Å². The number of sulfone groups is 1. The van der Waals surface area contributed by atoms with Crippen LogP contribution in [0.25, 0.3) is 0 Å². The standard InChI is InChI=1S/C16H13F6N3O3S/c1-25(14(26)12-6-23-8-24-13(12)29(2,27)28)7-9-3-10(15(17,18)19)5-11(4-9)16(20,21)22/h3-6,8H,7H2,1-2H3. The molecule has 0 bridgehead atoms.